The molecule has 0 amide bonds. The molecule has 0 radical (unpaired) electrons. The highest BCUT2D eigenvalue weighted by molar-refractivity contribution is 5.69. The van der Waals surface area contributed by atoms with Crippen LogP contribution in [0.3, 0.4) is 0 Å². The van der Waals surface area contributed by atoms with Crippen molar-refractivity contribution in [3.05, 3.63) is 35.4 Å². The third-order valence-electron chi connectivity index (χ3n) is 4.17. The van der Waals surface area contributed by atoms with E-state index >= 15 is 0 Å². The molecule has 110 valence electrons. The molecule has 0 saturated carbocycles. The number of likely N-dealkylation sites (N-methyl/N-ethyl adjacent to an activating group) is 1. The lowest BCUT2D eigenvalue weighted by Gasteiger charge is -2.29. The molecule has 3 nitrogen and oxygen atoms in total. The Hall–Kier alpha value is -1.35. The van der Waals surface area contributed by atoms with Gasteiger partial charge in [0, 0.05) is 13.0 Å². The molecule has 1 aliphatic rings. The van der Waals surface area contributed by atoms with Gasteiger partial charge in [0.2, 0.25) is 0 Å². The van der Waals surface area contributed by atoms with Gasteiger partial charge < -0.3 is 9.64 Å². The number of ether oxygens (including phenoxy) is 1. The zero-order valence-corrected chi connectivity index (χ0v) is 12.6. The van der Waals surface area contributed by atoms with Crippen LogP contribution in [0.5, 0.6) is 0 Å². The number of carbonyl (C=O) groups is 1. The second-order valence-corrected chi connectivity index (χ2v) is 5.73. The van der Waals surface area contributed by atoms with E-state index in [9.17, 15) is 4.79 Å². The van der Waals surface area contributed by atoms with Crippen molar-refractivity contribution >= 4 is 5.97 Å². The first kappa shape index (κ1) is 15.0. The highest BCUT2D eigenvalue weighted by Gasteiger charge is 2.20. The summed E-state index contributed by atoms with van der Waals surface area (Å²) in [5, 5.41) is 0. The molecule has 3 heteroatoms. The number of esters is 1. The number of rotatable bonds is 6. The van der Waals surface area contributed by atoms with Crippen molar-refractivity contribution in [3.8, 4) is 0 Å². The molecule has 0 N–H and O–H groups in total. The van der Waals surface area contributed by atoms with E-state index in [-0.39, 0.29) is 5.97 Å². The smallest absolute Gasteiger partial charge is 0.305 e. The van der Waals surface area contributed by atoms with Crippen LogP contribution in [0.25, 0.3) is 0 Å². The predicted octanol–water partition coefficient (Wildman–Crippen LogP) is 2.99. The molecule has 0 aliphatic heterocycles. The molecule has 1 atom stereocenters. The molecular weight excluding hydrogens is 250 g/mol. The van der Waals surface area contributed by atoms with Gasteiger partial charge in [0.05, 0.1) is 7.11 Å². The maximum Gasteiger partial charge on any atom is 0.305 e. The lowest BCUT2D eigenvalue weighted by atomic mass is 9.82. The maximum atomic E-state index is 11.1. The maximum absolute atomic E-state index is 11.1. The van der Waals surface area contributed by atoms with E-state index < -0.39 is 0 Å². The second kappa shape index (κ2) is 7.44. The SMILES string of the molecule is COC(=O)CCCN(C)CC1CCCc2ccccc21. The first-order chi connectivity index (χ1) is 9.70. The zero-order valence-electron chi connectivity index (χ0n) is 12.6. The molecule has 0 spiro atoms. The van der Waals surface area contributed by atoms with Crippen LogP contribution in [0, 0.1) is 0 Å². The number of benzene rings is 1. The Kier molecular flexibility index (Phi) is 5.60. The van der Waals surface area contributed by atoms with Gasteiger partial charge in [0.15, 0.2) is 0 Å². The third-order valence-corrected chi connectivity index (χ3v) is 4.17. The van der Waals surface area contributed by atoms with Crippen molar-refractivity contribution in [3.63, 3.8) is 0 Å². The van der Waals surface area contributed by atoms with E-state index in [4.69, 9.17) is 0 Å². The number of carbonyl (C=O) groups excluding carboxylic acids is 1. The van der Waals surface area contributed by atoms with Crippen molar-refractivity contribution in [1.29, 1.82) is 0 Å². The van der Waals surface area contributed by atoms with Gasteiger partial charge in [0.25, 0.3) is 0 Å². The largest absolute Gasteiger partial charge is 0.469 e. The summed E-state index contributed by atoms with van der Waals surface area (Å²) in [6.07, 6.45) is 5.17. The Morgan fingerprint density at radius 1 is 1.40 bits per heavy atom. The fourth-order valence-corrected chi connectivity index (χ4v) is 3.11. The number of nitrogens with zero attached hydrogens (tertiary/aromatic N) is 1. The highest BCUT2D eigenvalue weighted by atomic mass is 16.5. The van der Waals surface area contributed by atoms with Gasteiger partial charge in [-0.05, 0) is 56.3 Å². The molecule has 1 unspecified atom stereocenters. The normalized spacial score (nSPS) is 17.9. The minimum Gasteiger partial charge on any atom is -0.469 e. The first-order valence-electron chi connectivity index (χ1n) is 7.54. The van der Waals surface area contributed by atoms with Gasteiger partial charge in [-0.3, -0.25) is 4.79 Å². The van der Waals surface area contributed by atoms with Crippen LogP contribution < -0.4 is 0 Å². The van der Waals surface area contributed by atoms with Gasteiger partial charge in [0.1, 0.15) is 0 Å². The molecular formula is C17H25NO2. The summed E-state index contributed by atoms with van der Waals surface area (Å²) in [5.74, 6) is 0.532. The van der Waals surface area contributed by atoms with Crippen molar-refractivity contribution in [2.45, 2.75) is 38.0 Å². The van der Waals surface area contributed by atoms with Crippen LogP contribution in [0.2, 0.25) is 0 Å². The van der Waals surface area contributed by atoms with Gasteiger partial charge in [-0.1, -0.05) is 24.3 Å². The summed E-state index contributed by atoms with van der Waals surface area (Å²) in [6, 6.07) is 8.83. The lowest BCUT2D eigenvalue weighted by Crippen LogP contribution is -2.28. The average Bonchev–Trinajstić information content (AvgIpc) is 2.47. The van der Waals surface area contributed by atoms with Crippen molar-refractivity contribution < 1.29 is 9.53 Å². The minimum absolute atomic E-state index is 0.110. The second-order valence-electron chi connectivity index (χ2n) is 5.73. The summed E-state index contributed by atoms with van der Waals surface area (Å²) < 4.78 is 4.67. The number of methoxy groups -OCH3 is 1. The fourth-order valence-electron chi connectivity index (χ4n) is 3.11. The molecule has 20 heavy (non-hydrogen) atoms. The molecule has 2 rings (SSSR count). The Labute approximate surface area is 121 Å². The van der Waals surface area contributed by atoms with Crippen molar-refractivity contribution in [2.75, 3.05) is 27.2 Å². The molecule has 1 aromatic rings. The van der Waals surface area contributed by atoms with Crippen LogP contribution in [-0.2, 0) is 16.0 Å². The highest BCUT2D eigenvalue weighted by Crippen LogP contribution is 2.31. The summed E-state index contributed by atoms with van der Waals surface area (Å²) in [7, 11) is 3.60. The van der Waals surface area contributed by atoms with Crippen LogP contribution >= 0.6 is 0 Å². The van der Waals surface area contributed by atoms with Gasteiger partial charge in [-0.25, -0.2) is 0 Å². The van der Waals surface area contributed by atoms with Crippen molar-refractivity contribution in [1.82, 2.24) is 4.90 Å². The van der Waals surface area contributed by atoms with E-state index in [2.05, 4.69) is 40.9 Å². The van der Waals surface area contributed by atoms with Gasteiger partial charge >= 0.3 is 5.97 Å². The Bertz CT molecular complexity index is 444. The predicted molar refractivity (Wildman–Crippen MR) is 80.9 cm³/mol. The molecule has 0 bridgehead atoms. The lowest BCUT2D eigenvalue weighted by molar-refractivity contribution is -0.140. The topological polar surface area (TPSA) is 29.5 Å². The Morgan fingerprint density at radius 2 is 2.20 bits per heavy atom. The third kappa shape index (κ3) is 4.07. The van der Waals surface area contributed by atoms with E-state index in [1.54, 1.807) is 0 Å². The van der Waals surface area contributed by atoms with E-state index in [1.165, 1.54) is 37.5 Å². The van der Waals surface area contributed by atoms with Crippen molar-refractivity contribution in [2.24, 2.45) is 0 Å². The van der Waals surface area contributed by atoms with E-state index in [0.29, 0.717) is 12.3 Å². The number of fused-ring (bicyclic) bond motifs is 1. The molecule has 1 aromatic carbocycles. The summed E-state index contributed by atoms with van der Waals surface area (Å²) in [4.78, 5) is 13.4. The summed E-state index contributed by atoms with van der Waals surface area (Å²) in [5.41, 5.74) is 3.05. The molecule has 0 aromatic heterocycles. The first-order valence-corrected chi connectivity index (χ1v) is 7.54. The summed E-state index contributed by atoms with van der Waals surface area (Å²) >= 11 is 0. The Balaban J connectivity index is 1.83. The quantitative estimate of drug-likeness (QED) is 0.748. The van der Waals surface area contributed by atoms with Crippen LogP contribution in [0.1, 0.15) is 42.7 Å². The van der Waals surface area contributed by atoms with Crippen LogP contribution in [-0.4, -0.2) is 38.1 Å². The average molecular weight is 275 g/mol. The number of aryl methyl sites for hydroxylation is 1. The molecule has 1 aliphatic carbocycles. The number of hydrogen-bond acceptors (Lipinski definition) is 3. The number of hydrogen-bond donors (Lipinski definition) is 0. The van der Waals surface area contributed by atoms with Gasteiger partial charge in [-0.15, -0.1) is 0 Å². The zero-order chi connectivity index (χ0) is 14.4. The van der Waals surface area contributed by atoms with Crippen LogP contribution in [0.15, 0.2) is 24.3 Å². The minimum atomic E-state index is -0.110. The summed E-state index contributed by atoms with van der Waals surface area (Å²) in [6.45, 7) is 2.03. The molecule has 0 heterocycles. The van der Waals surface area contributed by atoms with E-state index in [1.807, 2.05) is 0 Å². The van der Waals surface area contributed by atoms with E-state index in [0.717, 1.165) is 19.5 Å². The monoisotopic (exact) mass is 275 g/mol. The molecule has 0 fully saturated rings. The molecule has 0 saturated heterocycles. The Morgan fingerprint density at radius 3 is 3.00 bits per heavy atom. The van der Waals surface area contributed by atoms with Gasteiger partial charge in [-0.2, -0.15) is 0 Å². The standard InChI is InChI=1S/C17H25NO2/c1-18(12-6-11-17(19)20-2)13-15-9-5-8-14-7-3-4-10-16(14)15/h3-4,7,10,15H,5-6,8-9,11-13H2,1-2H3. The fraction of sp³-hybridized carbons (Fsp3) is 0.588. The van der Waals surface area contributed by atoms with Crippen LogP contribution in [0.4, 0.5) is 0 Å².